The maximum atomic E-state index is 11.6. The van der Waals surface area contributed by atoms with Gasteiger partial charge in [-0.3, -0.25) is 20.2 Å². The van der Waals surface area contributed by atoms with Crippen molar-refractivity contribution in [3.8, 4) is 0 Å². The number of aliphatic hydroxyl groups excluding tert-OH is 1. The molecule has 0 bridgehead atoms. The first-order chi connectivity index (χ1) is 8.52. The summed E-state index contributed by atoms with van der Waals surface area (Å²) in [4.78, 5) is 25.1. The highest BCUT2D eigenvalue weighted by atomic mass is 16.5. The van der Waals surface area contributed by atoms with Crippen LogP contribution in [0.1, 0.15) is 24.6 Å². The van der Waals surface area contributed by atoms with Crippen molar-refractivity contribution in [2.75, 3.05) is 0 Å². The summed E-state index contributed by atoms with van der Waals surface area (Å²) >= 11 is 0. The van der Waals surface area contributed by atoms with Crippen molar-refractivity contribution in [2.24, 2.45) is 5.84 Å². The van der Waals surface area contributed by atoms with Crippen LogP contribution in [-0.4, -0.2) is 27.0 Å². The van der Waals surface area contributed by atoms with Gasteiger partial charge in [0, 0.05) is 11.8 Å². The Balaban J connectivity index is 2.22. The number of nitrogens with zero attached hydrogens (tertiary/aromatic N) is 1. The summed E-state index contributed by atoms with van der Waals surface area (Å²) < 4.78 is 6.84. The second-order valence-electron chi connectivity index (χ2n) is 4.30. The molecule has 1 aliphatic heterocycles. The highest BCUT2D eigenvalue weighted by Gasteiger charge is 2.31. The smallest absolute Gasteiger partial charge is 0.330 e. The van der Waals surface area contributed by atoms with E-state index in [1.165, 1.54) is 10.8 Å². The summed E-state index contributed by atoms with van der Waals surface area (Å²) in [5.74, 6) is 5.11. The predicted octanol–water partition coefficient (Wildman–Crippen LogP) is -1.70. The molecule has 18 heavy (non-hydrogen) atoms. The topological polar surface area (TPSA) is 122 Å². The highest BCUT2D eigenvalue weighted by Crippen LogP contribution is 2.28. The van der Waals surface area contributed by atoms with Crippen molar-refractivity contribution >= 4 is 0 Å². The van der Waals surface area contributed by atoms with Crippen LogP contribution in [0.2, 0.25) is 0 Å². The van der Waals surface area contributed by atoms with Gasteiger partial charge < -0.3 is 9.84 Å². The van der Waals surface area contributed by atoms with Gasteiger partial charge in [0.25, 0.3) is 5.56 Å². The van der Waals surface area contributed by atoms with E-state index >= 15 is 0 Å². The van der Waals surface area contributed by atoms with Crippen LogP contribution < -0.4 is 22.5 Å². The van der Waals surface area contributed by atoms with Crippen molar-refractivity contribution < 1.29 is 9.84 Å². The van der Waals surface area contributed by atoms with Gasteiger partial charge in [-0.15, -0.1) is 0 Å². The average Bonchev–Trinajstić information content (AvgIpc) is 2.82. The molecule has 0 amide bonds. The van der Waals surface area contributed by atoms with E-state index in [4.69, 9.17) is 10.6 Å². The number of hydrazine groups is 1. The average molecular weight is 256 g/mol. The van der Waals surface area contributed by atoms with Gasteiger partial charge in [-0.2, -0.15) is 0 Å². The molecule has 1 aromatic rings. The first kappa shape index (κ1) is 13.0. The molecule has 5 N–H and O–H groups in total. The minimum atomic E-state index is -0.977. The highest BCUT2D eigenvalue weighted by molar-refractivity contribution is 5.01. The largest absolute Gasteiger partial charge is 0.375 e. The van der Waals surface area contributed by atoms with E-state index in [0.29, 0.717) is 18.4 Å². The summed E-state index contributed by atoms with van der Waals surface area (Å²) in [5.41, 5.74) is 1.70. The summed E-state index contributed by atoms with van der Waals surface area (Å²) in [6, 6.07) is 0. The van der Waals surface area contributed by atoms with Crippen molar-refractivity contribution in [3.63, 3.8) is 0 Å². The van der Waals surface area contributed by atoms with Crippen molar-refractivity contribution in [2.45, 2.75) is 38.3 Å². The second-order valence-corrected chi connectivity index (χ2v) is 4.30. The van der Waals surface area contributed by atoms with E-state index in [0.717, 1.165) is 0 Å². The van der Waals surface area contributed by atoms with Crippen LogP contribution in [-0.2, 0) is 4.74 Å². The van der Waals surface area contributed by atoms with Crippen LogP contribution in [0.5, 0.6) is 0 Å². The predicted molar refractivity (Wildman–Crippen MR) is 62.5 cm³/mol. The van der Waals surface area contributed by atoms with E-state index in [9.17, 15) is 14.7 Å². The molecule has 1 saturated heterocycles. The number of aliphatic hydroxyl groups is 1. The number of hydrogen-bond acceptors (Lipinski definition) is 6. The van der Waals surface area contributed by atoms with E-state index in [-0.39, 0.29) is 0 Å². The number of nitrogens with one attached hydrogen (secondary N) is 2. The molecule has 8 heteroatoms. The van der Waals surface area contributed by atoms with Gasteiger partial charge in [-0.1, -0.05) is 0 Å². The van der Waals surface area contributed by atoms with Crippen LogP contribution in [0.15, 0.2) is 15.8 Å². The maximum Gasteiger partial charge on any atom is 0.330 e. The molecule has 8 nitrogen and oxygen atoms in total. The van der Waals surface area contributed by atoms with Gasteiger partial charge in [-0.05, 0) is 19.8 Å². The zero-order chi connectivity index (χ0) is 13.3. The number of aryl methyl sites for hydroxylation is 1. The zero-order valence-corrected chi connectivity index (χ0v) is 9.92. The minimum absolute atomic E-state index is 0.408. The lowest BCUT2D eigenvalue weighted by atomic mass is 10.2. The number of nitrogens with two attached hydrogens (primary N) is 1. The molecule has 0 spiro atoms. The number of hydrogen-bond donors (Lipinski definition) is 4. The number of aromatic nitrogens is 2. The fourth-order valence-corrected chi connectivity index (χ4v) is 1.99. The van der Waals surface area contributed by atoms with Crippen LogP contribution in [0.3, 0.4) is 0 Å². The molecular weight excluding hydrogens is 240 g/mol. The van der Waals surface area contributed by atoms with Crippen LogP contribution in [0.25, 0.3) is 0 Å². The molecule has 3 atom stereocenters. The van der Waals surface area contributed by atoms with Gasteiger partial charge in [0.2, 0.25) is 0 Å². The molecule has 0 radical (unpaired) electrons. The lowest BCUT2D eigenvalue weighted by Gasteiger charge is -2.19. The standard InChI is InChI=1S/C10H16N4O4/c1-5-4-14(10(17)12-8(5)15)7-3-2-6(18-7)9(16)13-11/h4,6-7,9,13,16H,2-3,11H2,1H3,(H,12,15,17)/t6-,7+,9?/m0/s1. The number of aromatic amines is 1. The molecular formula is C10H16N4O4. The number of rotatable bonds is 3. The summed E-state index contributed by atoms with van der Waals surface area (Å²) in [5, 5.41) is 9.48. The van der Waals surface area contributed by atoms with Gasteiger partial charge in [0.05, 0.1) is 0 Å². The summed E-state index contributed by atoms with van der Waals surface area (Å²) in [7, 11) is 0. The van der Waals surface area contributed by atoms with Crippen molar-refractivity contribution in [1.82, 2.24) is 15.0 Å². The normalized spacial score (nSPS) is 25.3. The molecule has 2 heterocycles. The SMILES string of the molecule is Cc1cn([C@H]2CC[C@@H](C(O)NN)O2)c(=O)[nH]c1=O. The Morgan fingerprint density at radius 2 is 2.33 bits per heavy atom. The van der Waals surface area contributed by atoms with Crippen molar-refractivity contribution in [1.29, 1.82) is 0 Å². The Morgan fingerprint density at radius 1 is 1.61 bits per heavy atom. The third-order valence-corrected chi connectivity index (χ3v) is 3.01. The molecule has 0 aliphatic carbocycles. The number of H-pyrrole nitrogens is 1. The van der Waals surface area contributed by atoms with Gasteiger partial charge in [-0.25, -0.2) is 10.2 Å². The Kier molecular flexibility index (Phi) is 3.62. The third-order valence-electron chi connectivity index (χ3n) is 3.01. The zero-order valence-electron chi connectivity index (χ0n) is 9.92. The van der Waals surface area contributed by atoms with Crippen LogP contribution in [0, 0.1) is 6.92 Å². The minimum Gasteiger partial charge on any atom is -0.375 e. The van der Waals surface area contributed by atoms with E-state index in [1.54, 1.807) is 6.92 Å². The molecule has 0 aromatic carbocycles. The van der Waals surface area contributed by atoms with E-state index in [1.807, 2.05) is 0 Å². The molecule has 1 aliphatic rings. The first-order valence-electron chi connectivity index (χ1n) is 5.64. The fourth-order valence-electron chi connectivity index (χ4n) is 1.99. The van der Waals surface area contributed by atoms with E-state index in [2.05, 4.69) is 10.4 Å². The molecule has 100 valence electrons. The lowest BCUT2D eigenvalue weighted by Crippen LogP contribution is -2.44. The number of ether oxygens (including phenoxy) is 1. The first-order valence-corrected chi connectivity index (χ1v) is 5.64. The van der Waals surface area contributed by atoms with Gasteiger partial charge in [0.15, 0.2) is 0 Å². The monoisotopic (exact) mass is 256 g/mol. The molecule has 1 aromatic heterocycles. The quantitative estimate of drug-likeness (QED) is 0.290. The Hall–Kier alpha value is -1.48. The molecule has 1 fully saturated rings. The third kappa shape index (κ3) is 2.36. The Labute approximate surface area is 102 Å². The molecule has 2 rings (SSSR count). The van der Waals surface area contributed by atoms with Crippen LogP contribution >= 0.6 is 0 Å². The molecule has 0 saturated carbocycles. The summed E-state index contributed by atoms with van der Waals surface area (Å²) in [6.45, 7) is 1.61. The van der Waals surface area contributed by atoms with Gasteiger partial charge in [0.1, 0.15) is 18.6 Å². The second kappa shape index (κ2) is 5.02. The Morgan fingerprint density at radius 3 is 3.00 bits per heavy atom. The fraction of sp³-hybridized carbons (Fsp3) is 0.600. The van der Waals surface area contributed by atoms with E-state index < -0.39 is 29.8 Å². The van der Waals surface area contributed by atoms with Crippen molar-refractivity contribution in [3.05, 3.63) is 32.6 Å². The van der Waals surface area contributed by atoms with Crippen LogP contribution in [0.4, 0.5) is 0 Å². The molecule has 1 unspecified atom stereocenters. The van der Waals surface area contributed by atoms with Gasteiger partial charge >= 0.3 is 5.69 Å². The maximum absolute atomic E-state index is 11.6. The lowest BCUT2D eigenvalue weighted by molar-refractivity contribution is -0.0714. The summed E-state index contributed by atoms with van der Waals surface area (Å²) in [6.07, 6.45) is 0.640. The Bertz CT molecular complexity index is 537.